The highest BCUT2D eigenvalue weighted by Gasteiger charge is 2.40. The van der Waals surface area contributed by atoms with Crippen LogP contribution in [0.15, 0.2) is 23.6 Å². The number of nitrogens with zero attached hydrogens (tertiary/aromatic N) is 2. The smallest absolute Gasteiger partial charge is 0.310 e. The van der Waals surface area contributed by atoms with E-state index in [0.29, 0.717) is 26.1 Å². The molecule has 2 heterocycles. The normalized spacial score (nSPS) is 21.7. The Morgan fingerprint density at radius 3 is 2.74 bits per heavy atom. The molecule has 0 radical (unpaired) electrons. The molecule has 1 N–H and O–H groups in total. The number of rotatable bonds is 4. The third kappa shape index (κ3) is 3.11. The van der Waals surface area contributed by atoms with E-state index in [4.69, 9.17) is 0 Å². The van der Waals surface area contributed by atoms with E-state index in [-0.39, 0.29) is 11.3 Å². The molecule has 1 atom stereocenters. The van der Waals surface area contributed by atoms with Crippen molar-refractivity contribution in [1.29, 1.82) is 0 Å². The number of aromatic nitrogens is 1. The maximum absolute atomic E-state index is 13.8. The van der Waals surface area contributed by atoms with Crippen LogP contribution in [0.3, 0.4) is 0 Å². The zero-order chi connectivity index (χ0) is 16.6. The van der Waals surface area contributed by atoms with E-state index in [1.807, 2.05) is 4.90 Å². The van der Waals surface area contributed by atoms with Gasteiger partial charge in [0.2, 0.25) is 0 Å². The third-order valence-electron chi connectivity index (χ3n) is 4.20. The van der Waals surface area contributed by atoms with Crippen LogP contribution < -0.4 is 0 Å². The Morgan fingerprint density at radius 2 is 2.13 bits per heavy atom. The summed E-state index contributed by atoms with van der Waals surface area (Å²) in [6, 6.07) is 3.73. The van der Waals surface area contributed by atoms with Crippen LogP contribution in [0.4, 0.5) is 8.78 Å². The maximum Gasteiger partial charge on any atom is 0.310 e. The Morgan fingerprint density at radius 1 is 1.43 bits per heavy atom. The number of hydrogen-bond acceptors (Lipinski definition) is 4. The highest BCUT2D eigenvalue weighted by atomic mass is 32.1. The predicted octanol–water partition coefficient (Wildman–Crippen LogP) is 3.38. The molecule has 1 aromatic carbocycles. The summed E-state index contributed by atoms with van der Waals surface area (Å²) in [4.78, 5) is 17.6. The van der Waals surface area contributed by atoms with Gasteiger partial charge in [0.25, 0.3) is 0 Å². The third-order valence-corrected chi connectivity index (χ3v) is 5.03. The first-order chi connectivity index (χ1) is 10.9. The zero-order valence-corrected chi connectivity index (χ0v) is 13.4. The molecular weight excluding hydrogens is 322 g/mol. The number of carboxylic acid groups (broad SMARTS) is 1. The van der Waals surface area contributed by atoms with Crippen LogP contribution in [0.1, 0.15) is 18.4 Å². The van der Waals surface area contributed by atoms with Crippen LogP contribution in [-0.2, 0) is 11.3 Å². The highest BCUT2D eigenvalue weighted by Crippen LogP contribution is 2.32. The summed E-state index contributed by atoms with van der Waals surface area (Å²) in [6.45, 7) is 3.35. The second kappa shape index (κ2) is 5.98. The van der Waals surface area contributed by atoms with Crippen LogP contribution in [-0.4, -0.2) is 34.0 Å². The van der Waals surface area contributed by atoms with Gasteiger partial charge in [-0.1, -0.05) is 6.07 Å². The largest absolute Gasteiger partial charge is 0.481 e. The minimum Gasteiger partial charge on any atom is -0.481 e. The number of benzene rings is 1. The Balaban J connectivity index is 1.75. The van der Waals surface area contributed by atoms with Gasteiger partial charge in [0, 0.05) is 11.9 Å². The van der Waals surface area contributed by atoms with Crippen LogP contribution in [0.25, 0.3) is 11.3 Å². The molecule has 2 aromatic rings. The summed E-state index contributed by atoms with van der Waals surface area (Å²) >= 11 is 1.32. The number of carboxylic acids is 1. The molecule has 23 heavy (non-hydrogen) atoms. The first-order valence-electron chi connectivity index (χ1n) is 7.23. The molecule has 0 amide bonds. The topological polar surface area (TPSA) is 53.4 Å². The van der Waals surface area contributed by atoms with Gasteiger partial charge in [-0.3, -0.25) is 9.69 Å². The first kappa shape index (κ1) is 16.0. The van der Waals surface area contributed by atoms with Gasteiger partial charge in [-0.2, -0.15) is 0 Å². The molecule has 0 spiro atoms. The number of hydrogen-bond donors (Lipinski definition) is 1. The molecule has 7 heteroatoms. The fourth-order valence-corrected chi connectivity index (χ4v) is 3.62. The summed E-state index contributed by atoms with van der Waals surface area (Å²) in [5, 5.41) is 11.6. The van der Waals surface area contributed by atoms with Crippen molar-refractivity contribution in [1.82, 2.24) is 9.88 Å². The molecule has 0 bridgehead atoms. The fourth-order valence-electron chi connectivity index (χ4n) is 2.80. The van der Waals surface area contributed by atoms with Gasteiger partial charge in [-0.05, 0) is 32.0 Å². The molecule has 4 nitrogen and oxygen atoms in total. The van der Waals surface area contributed by atoms with Crippen molar-refractivity contribution >= 4 is 17.3 Å². The lowest BCUT2D eigenvalue weighted by Crippen LogP contribution is -2.31. The molecular formula is C16H16F2N2O2S. The minimum atomic E-state index is -0.798. The van der Waals surface area contributed by atoms with Gasteiger partial charge in [-0.15, -0.1) is 11.3 Å². The van der Waals surface area contributed by atoms with Gasteiger partial charge < -0.3 is 5.11 Å². The van der Waals surface area contributed by atoms with E-state index in [2.05, 4.69) is 4.98 Å². The Bertz CT molecular complexity index is 729. The molecule has 1 aliphatic rings. The number of carbonyl (C=O) groups is 1. The van der Waals surface area contributed by atoms with E-state index in [0.717, 1.165) is 5.01 Å². The molecule has 1 aromatic heterocycles. The van der Waals surface area contributed by atoms with E-state index in [1.54, 1.807) is 12.3 Å². The number of likely N-dealkylation sites (tertiary alicyclic amines) is 1. The summed E-state index contributed by atoms with van der Waals surface area (Å²) in [7, 11) is 0. The lowest BCUT2D eigenvalue weighted by molar-refractivity contribution is -0.147. The van der Waals surface area contributed by atoms with E-state index in [1.165, 1.54) is 29.5 Å². The van der Waals surface area contributed by atoms with Gasteiger partial charge in [-0.25, -0.2) is 13.8 Å². The molecule has 1 fully saturated rings. The van der Waals surface area contributed by atoms with Gasteiger partial charge in [0.1, 0.15) is 16.6 Å². The lowest BCUT2D eigenvalue weighted by atomic mass is 9.90. The van der Waals surface area contributed by atoms with E-state index < -0.39 is 23.0 Å². The SMILES string of the molecule is CC1(C(=O)O)CCN(Cc2nc(-c3c(F)cccc3F)cs2)C1. The second-order valence-corrected chi connectivity index (χ2v) is 6.99. The van der Waals surface area contributed by atoms with E-state index in [9.17, 15) is 18.7 Å². The van der Waals surface area contributed by atoms with Crippen molar-refractivity contribution in [3.05, 3.63) is 40.2 Å². The monoisotopic (exact) mass is 338 g/mol. The Kier molecular flexibility index (Phi) is 4.16. The molecule has 3 rings (SSSR count). The zero-order valence-electron chi connectivity index (χ0n) is 12.6. The quantitative estimate of drug-likeness (QED) is 0.928. The second-order valence-electron chi connectivity index (χ2n) is 6.05. The number of halogens is 2. The van der Waals surface area contributed by atoms with Crippen LogP contribution in [0.5, 0.6) is 0 Å². The van der Waals surface area contributed by atoms with Crippen molar-refractivity contribution < 1.29 is 18.7 Å². The number of thiazole rings is 1. The molecule has 0 aliphatic carbocycles. The molecule has 1 saturated heterocycles. The fraction of sp³-hybridized carbons (Fsp3) is 0.375. The average Bonchev–Trinajstić information content (AvgIpc) is 3.07. The van der Waals surface area contributed by atoms with Gasteiger partial charge in [0.05, 0.1) is 23.2 Å². The van der Waals surface area contributed by atoms with Crippen molar-refractivity contribution in [2.24, 2.45) is 5.41 Å². The number of aliphatic carboxylic acids is 1. The maximum atomic E-state index is 13.8. The van der Waals surface area contributed by atoms with Crippen LogP contribution in [0.2, 0.25) is 0 Å². The molecule has 122 valence electrons. The lowest BCUT2D eigenvalue weighted by Gasteiger charge is -2.19. The van der Waals surface area contributed by atoms with Gasteiger partial charge >= 0.3 is 5.97 Å². The van der Waals surface area contributed by atoms with Crippen LogP contribution in [0, 0.1) is 17.0 Å². The van der Waals surface area contributed by atoms with E-state index >= 15 is 0 Å². The standard InChI is InChI=1S/C16H16F2N2O2S/c1-16(15(21)22)5-6-20(9-16)7-13-19-12(8-23-13)14-10(17)3-2-4-11(14)18/h2-4,8H,5-7,9H2,1H3,(H,21,22). The summed E-state index contributed by atoms with van der Waals surface area (Å²) in [5.74, 6) is -2.07. The average molecular weight is 338 g/mol. The molecule has 1 unspecified atom stereocenters. The van der Waals surface area contributed by atoms with Crippen molar-refractivity contribution in [3.63, 3.8) is 0 Å². The minimum absolute atomic E-state index is 0.119. The van der Waals surface area contributed by atoms with Gasteiger partial charge in [0.15, 0.2) is 0 Å². The first-order valence-corrected chi connectivity index (χ1v) is 8.11. The van der Waals surface area contributed by atoms with Crippen LogP contribution >= 0.6 is 11.3 Å². The summed E-state index contributed by atoms with van der Waals surface area (Å²) in [5.41, 5.74) is -0.579. The highest BCUT2D eigenvalue weighted by molar-refractivity contribution is 7.09. The molecule has 1 aliphatic heterocycles. The predicted molar refractivity (Wildman–Crippen MR) is 83.1 cm³/mol. The Labute approximate surface area is 136 Å². The summed E-state index contributed by atoms with van der Waals surface area (Å²) in [6.07, 6.45) is 0.586. The summed E-state index contributed by atoms with van der Waals surface area (Å²) < 4.78 is 27.6. The van der Waals surface area contributed by atoms with Crippen molar-refractivity contribution in [3.8, 4) is 11.3 Å². The Hall–Kier alpha value is -1.86. The molecule has 0 saturated carbocycles. The van der Waals surface area contributed by atoms with Crippen molar-refractivity contribution in [2.75, 3.05) is 13.1 Å². The van der Waals surface area contributed by atoms with Crippen molar-refractivity contribution in [2.45, 2.75) is 19.9 Å².